The van der Waals surface area contributed by atoms with Gasteiger partial charge in [0.05, 0.1) is 12.7 Å². The van der Waals surface area contributed by atoms with E-state index in [-0.39, 0.29) is 11.6 Å². The van der Waals surface area contributed by atoms with Gasteiger partial charge in [0.1, 0.15) is 12.0 Å². The van der Waals surface area contributed by atoms with Crippen LogP contribution in [-0.4, -0.2) is 29.0 Å². The molecule has 1 heterocycles. The second kappa shape index (κ2) is 5.92. The Balaban J connectivity index is 2.10. The smallest absolute Gasteiger partial charge is 0.337 e. The molecule has 2 aromatic rings. The molecule has 0 aliphatic rings. The zero-order valence-electron chi connectivity index (χ0n) is 11.1. The van der Waals surface area contributed by atoms with Crippen molar-refractivity contribution in [2.75, 3.05) is 12.4 Å². The van der Waals surface area contributed by atoms with E-state index < -0.39 is 5.97 Å². The van der Waals surface area contributed by atoms with Crippen molar-refractivity contribution >= 4 is 17.6 Å². The molecule has 1 aromatic carbocycles. The van der Waals surface area contributed by atoms with Crippen molar-refractivity contribution in [2.24, 2.45) is 0 Å². The van der Waals surface area contributed by atoms with Crippen LogP contribution in [0.5, 0.6) is 0 Å². The average Bonchev–Trinajstić information content (AvgIpc) is 2.47. The molecule has 1 aromatic heterocycles. The highest BCUT2D eigenvalue weighted by atomic mass is 16.5. The second-order valence-corrected chi connectivity index (χ2v) is 4.07. The number of esters is 1. The Kier molecular flexibility index (Phi) is 4.05. The predicted molar refractivity (Wildman–Crippen MR) is 72.5 cm³/mol. The number of nitrogens with one attached hydrogen (secondary N) is 1. The molecule has 2 rings (SSSR count). The van der Waals surface area contributed by atoms with Gasteiger partial charge in [0, 0.05) is 11.4 Å². The summed E-state index contributed by atoms with van der Waals surface area (Å²) >= 11 is 0. The molecule has 6 nitrogen and oxygen atoms in total. The van der Waals surface area contributed by atoms with Gasteiger partial charge in [-0.1, -0.05) is 0 Å². The van der Waals surface area contributed by atoms with Crippen LogP contribution in [0.2, 0.25) is 0 Å². The van der Waals surface area contributed by atoms with E-state index in [0.29, 0.717) is 16.9 Å². The molecule has 1 amide bonds. The van der Waals surface area contributed by atoms with Crippen LogP contribution in [0.15, 0.2) is 36.7 Å². The first-order valence-electron chi connectivity index (χ1n) is 5.88. The number of aryl methyl sites for hydroxylation is 1. The Labute approximate surface area is 115 Å². The van der Waals surface area contributed by atoms with E-state index in [2.05, 4.69) is 20.0 Å². The van der Waals surface area contributed by atoms with Crippen molar-refractivity contribution in [1.29, 1.82) is 0 Å². The number of methoxy groups -OCH3 is 1. The summed E-state index contributed by atoms with van der Waals surface area (Å²) in [7, 11) is 1.31. The van der Waals surface area contributed by atoms with Gasteiger partial charge in [-0.15, -0.1) is 0 Å². The highest BCUT2D eigenvalue weighted by molar-refractivity contribution is 6.03. The van der Waals surface area contributed by atoms with Gasteiger partial charge in [0.2, 0.25) is 0 Å². The number of amides is 1. The maximum atomic E-state index is 11.9. The van der Waals surface area contributed by atoms with Gasteiger partial charge in [-0.2, -0.15) is 0 Å². The molecule has 0 spiro atoms. The van der Waals surface area contributed by atoms with E-state index in [1.165, 1.54) is 13.4 Å². The van der Waals surface area contributed by atoms with E-state index >= 15 is 0 Å². The number of hydrogen-bond acceptors (Lipinski definition) is 5. The molecule has 0 atom stereocenters. The molecule has 6 heteroatoms. The average molecular weight is 271 g/mol. The van der Waals surface area contributed by atoms with Gasteiger partial charge in [-0.05, 0) is 37.3 Å². The zero-order chi connectivity index (χ0) is 14.5. The molecule has 20 heavy (non-hydrogen) atoms. The van der Waals surface area contributed by atoms with Gasteiger partial charge in [-0.25, -0.2) is 14.8 Å². The first-order valence-corrected chi connectivity index (χ1v) is 5.88. The van der Waals surface area contributed by atoms with Gasteiger partial charge < -0.3 is 10.1 Å². The quantitative estimate of drug-likeness (QED) is 0.861. The third-order valence-electron chi connectivity index (χ3n) is 2.60. The standard InChI is InChI=1S/C14H13N3O3/c1-9-7-12(16-8-15-9)13(18)17-11-5-3-10(4-6-11)14(19)20-2/h3-8H,1-2H3,(H,17,18). The number of anilines is 1. The van der Waals surface area contributed by atoms with Crippen LogP contribution in [0.25, 0.3) is 0 Å². The summed E-state index contributed by atoms with van der Waals surface area (Å²) in [6.07, 6.45) is 1.34. The normalized spacial score (nSPS) is 9.90. The van der Waals surface area contributed by atoms with Gasteiger partial charge in [-0.3, -0.25) is 4.79 Å². The number of hydrogen-bond donors (Lipinski definition) is 1. The zero-order valence-corrected chi connectivity index (χ0v) is 11.1. The van der Waals surface area contributed by atoms with E-state index in [9.17, 15) is 9.59 Å². The van der Waals surface area contributed by atoms with Crippen LogP contribution in [0, 0.1) is 6.92 Å². The molecule has 0 fully saturated rings. The Morgan fingerprint density at radius 2 is 1.85 bits per heavy atom. The fourth-order valence-electron chi connectivity index (χ4n) is 1.58. The van der Waals surface area contributed by atoms with Gasteiger partial charge in [0.25, 0.3) is 5.91 Å². The summed E-state index contributed by atoms with van der Waals surface area (Å²) in [5.74, 6) is -0.754. The third kappa shape index (κ3) is 3.17. The number of rotatable bonds is 3. The number of nitrogens with zero attached hydrogens (tertiary/aromatic N) is 2. The lowest BCUT2D eigenvalue weighted by molar-refractivity contribution is 0.0600. The lowest BCUT2D eigenvalue weighted by atomic mass is 10.2. The highest BCUT2D eigenvalue weighted by Gasteiger charge is 2.09. The molecule has 0 aliphatic carbocycles. The summed E-state index contributed by atoms with van der Waals surface area (Å²) in [4.78, 5) is 31.1. The number of carbonyl (C=O) groups is 2. The molecule has 0 unspecified atom stereocenters. The van der Waals surface area contributed by atoms with Crippen molar-refractivity contribution in [3.05, 3.63) is 53.6 Å². The lowest BCUT2D eigenvalue weighted by Gasteiger charge is -2.05. The van der Waals surface area contributed by atoms with Crippen molar-refractivity contribution < 1.29 is 14.3 Å². The van der Waals surface area contributed by atoms with Crippen molar-refractivity contribution in [3.8, 4) is 0 Å². The molecule has 0 bridgehead atoms. The molecule has 0 radical (unpaired) electrons. The van der Waals surface area contributed by atoms with Crippen LogP contribution in [-0.2, 0) is 4.74 Å². The Morgan fingerprint density at radius 3 is 2.45 bits per heavy atom. The minimum absolute atomic E-state index is 0.287. The highest BCUT2D eigenvalue weighted by Crippen LogP contribution is 2.11. The van der Waals surface area contributed by atoms with Crippen LogP contribution < -0.4 is 5.32 Å². The maximum Gasteiger partial charge on any atom is 0.337 e. The van der Waals surface area contributed by atoms with Crippen molar-refractivity contribution in [2.45, 2.75) is 6.92 Å². The monoisotopic (exact) mass is 271 g/mol. The summed E-state index contributed by atoms with van der Waals surface area (Å²) in [6.45, 7) is 1.78. The second-order valence-electron chi connectivity index (χ2n) is 4.07. The van der Waals surface area contributed by atoms with E-state index in [1.54, 1.807) is 37.3 Å². The molecule has 102 valence electrons. The Morgan fingerprint density at radius 1 is 1.15 bits per heavy atom. The molecule has 1 N–H and O–H groups in total. The molecular formula is C14H13N3O3. The van der Waals surface area contributed by atoms with Crippen molar-refractivity contribution in [1.82, 2.24) is 9.97 Å². The Bertz CT molecular complexity index is 638. The van der Waals surface area contributed by atoms with Gasteiger partial charge >= 0.3 is 5.97 Å². The fraction of sp³-hybridized carbons (Fsp3) is 0.143. The van der Waals surface area contributed by atoms with Crippen LogP contribution in [0.4, 0.5) is 5.69 Å². The number of benzene rings is 1. The van der Waals surface area contributed by atoms with E-state index in [1.807, 2.05) is 0 Å². The molecule has 0 saturated heterocycles. The molecular weight excluding hydrogens is 258 g/mol. The summed E-state index contributed by atoms with van der Waals surface area (Å²) in [6, 6.07) is 7.99. The number of ether oxygens (including phenoxy) is 1. The Hall–Kier alpha value is -2.76. The first-order chi connectivity index (χ1) is 9.60. The largest absolute Gasteiger partial charge is 0.465 e. The van der Waals surface area contributed by atoms with Crippen LogP contribution in [0.1, 0.15) is 26.5 Å². The minimum atomic E-state index is -0.422. The van der Waals surface area contributed by atoms with Crippen molar-refractivity contribution in [3.63, 3.8) is 0 Å². The fourth-order valence-corrected chi connectivity index (χ4v) is 1.58. The first kappa shape index (κ1) is 13.7. The summed E-state index contributed by atoms with van der Waals surface area (Å²) in [5.41, 5.74) is 1.99. The summed E-state index contributed by atoms with van der Waals surface area (Å²) < 4.78 is 4.60. The van der Waals surface area contributed by atoms with Crippen LogP contribution >= 0.6 is 0 Å². The predicted octanol–water partition coefficient (Wildman–Crippen LogP) is 1.82. The third-order valence-corrected chi connectivity index (χ3v) is 2.60. The molecule has 0 saturated carbocycles. The lowest BCUT2D eigenvalue weighted by Crippen LogP contribution is -2.14. The maximum absolute atomic E-state index is 11.9. The van der Waals surface area contributed by atoms with Gasteiger partial charge in [0.15, 0.2) is 0 Å². The topological polar surface area (TPSA) is 81.2 Å². The van der Waals surface area contributed by atoms with E-state index in [4.69, 9.17) is 0 Å². The molecule has 0 aliphatic heterocycles. The van der Waals surface area contributed by atoms with E-state index in [0.717, 1.165) is 0 Å². The SMILES string of the molecule is COC(=O)c1ccc(NC(=O)c2cc(C)ncn2)cc1. The summed E-state index contributed by atoms with van der Waals surface area (Å²) in [5, 5.41) is 2.69. The number of carbonyl (C=O) groups excluding carboxylic acids is 2. The minimum Gasteiger partial charge on any atom is -0.465 e. The van der Waals surface area contributed by atoms with Crippen LogP contribution in [0.3, 0.4) is 0 Å². The number of aromatic nitrogens is 2.